The van der Waals surface area contributed by atoms with E-state index in [1.807, 2.05) is 0 Å². The Labute approximate surface area is 220 Å². The molecule has 4 aliphatic rings. The second-order valence-electron chi connectivity index (χ2n) is 11.7. The number of carboxylic acid groups (broad SMARTS) is 1. The van der Waals surface area contributed by atoms with Gasteiger partial charge in [0.25, 0.3) is 0 Å². The largest absolute Gasteiger partial charge is 0.480 e. The van der Waals surface area contributed by atoms with E-state index in [1.54, 1.807) is 26.8 Å². The summed E-state index contributed by atoms with van der Waals surface area (Å²) in [7, 11) is 0. The third-order valence-electron chi connectivity index (χ3n) is 9.84. The van der Waals surface area contributed by atoms with Gasteiger partial charge in [-0.1, -0.05) is 25.5 Å². The average Bonchev–Trinajstić information content (AvgIpc) is 3.01. The molecule has 4 rings (SSSR count). The van der Waals surface area contributed by atoms with Gasteiger partial charge in [-0.25, -0.2) is 9.18 Å². The molecule has 1 unspecified atom stereocenters. The zero-order valence-electron chi connectivity index (χ0n) is 21.6. The molecule has 8 nitrogen and oxygen atoms in total. The summed E-state index contributed by atoms with van der Waals surface area (Å²) in [4.78, 5) is 48.2. The van der Waals surface area contributed by atoms with E-state index in [9.17, 15) is 34.5 Å². The van der Waals surface area contributed by atoms with Gasteiger partial charge >= 0.3 is 5.97 Å². The molecule has 0 aromatic carbocycles. The first-order valence-corrected chi connectivity index (χ1v) is 13.9. The quantitative estimate of drug-likeness (QED) is 0.388. The molecule has 0 aromatic heterocycles. The van der Waals surface area contributed by atoms with E-state index in [0.717, 1.165) is 11.8 Å². The molecule has 4 N–H and O–H groups in total. The van der Waals surface area contributed by atoms with Crippen LogP contribution in [0.5, 0.6) is 0 Å². The maximum absolute atomic E-state index is 17.2. The number of amides is 1. The molecule has 3 fully saturated rings. The summed E-state index contributed by atoms with van der Waals surface area (Å²) in [6.45, 7) is 6.46. The summed E-state index contributed by atoms with van der Waals surface area (Å²) < 4.78 is 17.2. The minimum atomic E-state index is -2.05. The molecule has 0 radical (unpaired) electrons. The third-order valence-corrected chi connectivity index (χ3v) is 10.9. The summed E-state index contributed by atoms with van der Waals surface area (Å²) >= 11 is 1.01. The molecule has 4 aliphatic carbocycles. The van der Waals surface area contributed by atoms with E-state index < -0.39 is 63.7 Å². The van der Waals surface area contributed by atoms with Gasteiger partial charge in [-0.05, 0) is 56.6 Å². The fraction of sp³-hybridized carbons (Fsp3) is 0.704. The lowest BCUT2D eigenvalue weighted by molar-refractivity contribution is -0.218. The number of fused-ring (bicyclic) bond motifs is 5. The number of ketones is 2. The zero-order valence-corrected chi connectivity index (χ0v) is 22.4. The molecular formula is C27H36FNO7S. The highest BCUT2D eigenvalue weighted by Crippen LogP contribution is 2.70. The van der Waals surface area contributed by atoms with Crippen molar-refractivity contribution >= 4 is 35.2 Å². The molecule has 9 atom stereocenters. The molecular weight excluding hydrogens is 501 g/mol. The number of hydrogen-bond donors (Lipinski definition) is 4. The van der Waals surface area contributed by atoms with Gasteiger partial charge in [0.05, 0.1) is 11.9 Å². The van der Waals surface area contributed by atoms with Gasteiger partial charge in [0.1, 0.15) is 11.6 Å². The number of allylic oxidation sites excluding steroid dienone is 4. The Morgan fingerprint density at radius 1 is 1.27 bits per heavy atom. The number of carboxylic acids is 1. The number of thioether (sulfide) groups is 1. The standard InChI is InChI=1S/C27H36FNO7S/c1-14-9-19-18-6-5-16-10-17(31)7-8-24(16,3)26(18,28)21(32)11-25(19,4)27(14,36)22(33)13-37-12-20(23(34)35)29-15(2)30/h7-8,10,14,18-21,32,36H,5-6,9,11-13H2,1-4H3,(H,29,30)(H,34,35)/t14-,18+,19+,20?,21+,24+,25+,26+,27+/m1/s1. The number of carbonyl (C=O) groups excluding carboxylic acids is 3. The smallest absolute Gasteiger partial charge is 0.327 e. The first-order chi connectivity index (χ1) is 17.1. The van der Waals surface area contributed by atoms with E-state index in [4.69, 9.17) is 0 Å². The Bertz CT molecular complexity index is 1090. The van der Waals surface area contributed by atoms with E-state index in [2.05, 4.69) is 5.32 Å². The van der Waals surface area contributed by atoms with Gasteiger partial charge in [-0.3, -0.25) is 14.4 Å². The number of aliphatic carboxylic acids is 1. The van der Waals surface area contributed by atoms with Crippen LogP contribution in [0.3, 0.4) is 0 Å². The minimum absolute atomic E-state index is 0.0530. The summed E-state index contributed by atoms with van der Waals surface area (Å²) in [6.07, 6.45) is 4.13. The van der Waals surface area contributed by atoms with E-state index in [-0.39, 0.29) is 29.6 Å². The van der Waals surface area contributed by atoms with Crippen LogP contribution in [-0.2, 0) is 19.2 Å². The van der Waals surface area contributed by atoms with Gasteiger partial charge in [-0.2, -0.15) is 11.8 Å². The molecule has 0 aromatic rings. The first kappa shape index (κ1) is 28.0. The molecule has 0 bridgehead atoms. The van der Waals surface area contributed by atoms with Gasteiger partial charge in [0, 0.05) is 29.4 Å². The summed E-state index contributed by atoms with van der Waals surface area (Å²) in [6, 6.07) is -1.17. The Hall–Kier alpha value is -2.04. The van der Waals surface area contributed by atoms with Crippen LogP contribution in [0.2, 0.25) is 0 Å². The third kappa shape index (κ3) is 3.93. The maximum Gasteiger partial charge on any atom is 0.327 e. The molecule has 204 valence electrons. The molecule has 3 saturated carbocycles. The van der Waals surface area contributed by atoms with E-state index >= 15 is 4.39 Å². The van der Waals surface area contributed by atoms with Crippen LogP contribution in [0.15, 0.2) is 23.8 Å². The normalized spacial score (nSPS) is 43.2. The van der Waals surface area contributed by atoms with Crippen molar-refractivity contribution in [3.05, 3.63) is 23.8 Å². The Balaban J connectivity index is 1.59. The van der Waals surface area contributed by atoms with Crippen LogP contribution in [-0.4, -0.2) is 73.7 Å². The molecule has 0 saturated heterocycles. The van der Waals surface area contributed by atoms with Crippen molar-refractivity contribution in [2.75, 3.05) is 11.5 Å². The van der Waals surface area contributed by atoms with Crippen molar-refractivity contribution < 1.29 is 38.9 Å². The Morgan fingerprint density at radius 2 is 1.95 bits per heavy atom. The van der Waals surface area contributed by atoms with Gasteiger partial charge in [-0.15, -0.1) is 0 Å². The van der Waals surface area contributed by atoms with Gasteiger partial charge in [0.2, 0.25) is 5.91 Å². The number of aliphatic hydroxyl groups is 2. The number of aliphatic hydroxyl groups excluding tert-OH is 1. The average molecular weight is 538 g/mol. The lowest BCUT2D eigenvalue weighted by Crippen LogP contribution is -2.69. The summed E-state index contributed by atoms with van der Waals surface area (Å²) in [5.74, 6) is -4.11. The van der Waals surface area contributed by atoms with Crippen molar-refractivity contribution in [3.8, 4) is 0 Å². The highest BCUT2D eigenvalue weighted by atomic mass is 32.2. The number of nitrogens with one attached hydrogen (secondary N) is 1. The topological polar surface area (TPSA) is 141 Å². The van der Waals surface area contributed by atoms with E-state index in [1.165, 1.54) is 19.1 Å². The minimum Gasteiger partial charge on any atom is -0.480 e. The van der Waals surface area contributed by atoms with Crippen LogP contribution in [0.1, 0.15) is 53.4 Å². The summed E-state index contributed by atoms with van der Waals surface area (Å²) in [5.41, 5.74) is -5.44. The Kier molecular flexibility index (Phi) is 7.04. The number of alkyl halides is 1. The maximum atomic E-state index is 17.2. The van der Waals surface area contributed by atoms with Gasteiger partial charge in [0.15, 0.2) is 17.2 Å². The first-order valence-electron chi connectivity index (χ1n) is 12.8. The molecule has 37 heavy (non-hydrogen) atoms. The zero-order chi connectivity index (χ0) is 27.6. The highest BCUT2D eigenvalue weighted by Gasteiger charge is 2.75. The van der Waals surface area contributed by atoms with Gasteiger partial charge < -0.3 is 20.6 Å². The number of hydrogen-bond acceptors (Lipinski definition) is 7. The van der Waals surface area contributed by atoms with Crippen molar-refractivity contribution in [3.63, 3.8) is 0 Å². The molecule has 1 amide bonds. The molecule has 0 spiro atoms. The van der Waals surface area contributed by atoms with Crippen LogP contribution < -0.4 is 5.32 Å². The monoisotopic (exact) mass is 537 g/mol. The number of rotatable bonds is 7. The Morgan fingerprint density at radius 3 is 2.57 bits per heavy atom. The molecule has 0 heterocycles. The molecule has 0 aliphatic heterocycles. The number of halogens is 1. The van der Waals surface area contributed by atoms with Crippen molar-refractivity contribution in [2.24, 2.45) is 28.6 Å². The summed E-state index contributed by atoms with van der Waals surface area (Å²) in [5, 5.41) is 35.0. The SMILES string of the molecule is CC(=O)NC(CSCC(=O)[C@@]1(O)[C@H](C)C[C@H]2[C@@H]3CCC4=CC(=O)C=C[C@]4(C)[C@@]3(F)[C@@H](O)C[C@@]21C)C(=O)O. The lowest BCUT2D eigenvalue weighted by atomic mass is 9.44. The predicted octanol–water partition coefficient (Wildman–Crippen LogP) is 2.23. The lowest BCUT2D eigenvalue weighted by Gasteiger charge is -2.62. The second-order valence-corrected chi connectivity index (χ2v) is 12.7. The fourth-order valence-corrected chi connectivity index (χ4v) is 8.92. The highest BCUT2D eigenvalue weighted by molar-refractivity contribution is 8.00. The predicted molar refractivity (Wildman–Crippen MR) is 135 cm³/mol. The van der Waals surface area contributed by atoms with Crippen LogP contribution >= 0.6 is 11.8 Å². The second kappa shape index (κ2) is 9.31. The van der Waals surface area contributed by atoms with Crippen molar-refractivity contribution in [1.29, 1.82) is 0 Å². The van der Waals surface area contributed by atoms with Crippen LogP contribution in [0.4, 0.5) is 4.39 Å². The number of carbonyl (C=O) groups is 4. The van der Waals surface area contributed by atoms with Crippen LogP contribution in [0, 0.1) is 28.6 Å². The van der Waals surface area contributed by atoms with Crippen molar-refractivity contribution in [2.45, 2.75) is 76.8 Å². The van der Waals surface area contributed by atoms with Crippen molar-refractivity contribution in [1.82, 2.24) is 5.32 Å². The fourth-order valence-electron chi connectivity index (χ4n) is 7.94. The molecule has 10 heteroatoms. The van der Waals surface area contributed by atoms with E-state index in [0.29, 0.717) is 24.8 Å². The number of Topliss-reactive ketones (excluding diaryl/α,β-unsaturated/α-hetero) is 1. The van der Waals surface area contributed by atoms with Crippen LogP contribution in [0.25, 0.3) is 0 Å².